The Morgan fingerprint density at radius 1 is 1.04 bits per heavy atom. The number of nitrogens with zero attached hydrogens (tertiary/aromatic N) is 3. The van der Waals surface area contributed by atoms with Gasteiger partial charge in [0.25, 0.3) is 0 Å². The van der Waals surface area contributed by atoms with E-state index in [4.69, 9.17) is 0 Å². The van der Waals surface area contributed by atoms with Gasteiger partial charge in [-0.05, 0) is 36.1 Å². The number of thiophene rings is 1. The summed E-state index contributed by atoms with van der Waals surface area (Å²) in [6.07, 6.45) is 3.91. The standard InChI is InChI=1S/C18H18N4S.2ClH/c1-2-4-13-10-22(8-6-12(13)3-1)17-16-14-5-7-19-9-15(14)23-18(16)21-11-20-17;;/h1-4,11,19H,5-10H2;2*1H. The fraction of sp³-hybridized carbons (Fsp3) is 0.333. The van der Waals surface area contributed by atoms with Gasteiger partial charge in [-0.15, -0.1) is 36.2 Å². The summed E-state index contributed by atoms with van der Waals surface area (Å²) in [6.45, 7) is 4.01. The van der Waals surface area contributed by atoms with Crippen molar-refractivity contribution in [1.29, 1.82) is 0 Å². The van der Waals surface area contributed by atoms with Crippen LogP contribution in [0.4, 0.5) is 5.82 Å². The first kappa shape index (κ1) is 18.4. The summed E-state index contributed by atoms with van der Waals surface area (Å²) in [5, 5.41) is 4.76. The molecule has 0 unspecified atom stereocenters. The zero-order valence-electron chi connectivity index (χ0n) is 13.7. The second-order valence-electron chi connectivity index (χ2n) is 6.25. The summed E-state index contributed by atoms with van der Waals surface area (Å²) in [4.78, 5) is 14.2. The molecule has 0 amide bonds. The highest BCUT2D eigenvalue weighted by Gasteiger charge is 2.24. The molecule has 4 heterocycles. The Hall–Kier alpha value is -1.40. The SMILES string of the molecule is Cl.Cl.c1ccc2c(c1)CCN(c1ncnc3sc4c(c13)CCNC4)C2. The van der Waals surface area contributed by atoms with Gasteiger partial charge in [-0.3, -0.25) is 0 Å². The van der Waals surface area contributed by atoms with Crippen LogP contribution >= 0.6 is 36.2 Å². The Bertz CT molecular complexity index is 896. The molecule has 0 saturated heterocycles. The largest absolute Gasteiger partial charge is 0.351 e. The average molecular weight is 395 g/mol. The van der Waals surface area contributed by atoms with E-state index >= 15 is 0 Å². The molecule has 0 atom stereocenters. The van der Waals surface area contributed by atoms with Crippen molar-refractivity contribution in [3.63, 3.8) is 0 Å². The van der Waals surface area contributed by atoms with E-state index in [1.54, 1.807) is 6.33 Å². The second kappa shape index (κ2) is 7.46. The summed E-state index contributed by atoms with van der Waals surface area (Å²) in [6, 6.07) is 8.77. The maximum atomic E-state index is 4.68. The number of fused-ring (bicyclic) bond motifs is 4. The molecule has 132 valence electrons. The highest BCUT2D eigenvalue weighted by Crippen LogP contribution is 2.38. The van der Waals surface area contributed by atoms with Crippen LogP contribution in [0.1, 0.15) is 21.6 Å². The van der Waals surface area contributed by atoms with E-state index in [2.05, 4.69) is 44.5 Å². The maximum absolute atomic E-state index is 4.68. The van der Waals surface area contributed by atoms with Crippen molar-refractivity contribution in [2.24, 2.45) is 0 Å². The van der Waals surface area contributed by atoms with E-state index in [9.17, 15) is 0 Å². The quantitative estimate of drug-likeness (QED) is 0.682. The number of halogens is 2. The molecule has 7 heteroatoms. The lowest BCUT2D eigenvalue weighted by atomic mass is 9.99. The second-order valence-corrected chi connectivity index (χ2v) is 7.33. The van der Waals surface area contributed by atoms with Crippen molar-refractivity contribution < 1.29 is 0 Å². The number of hydrogen-bond donors (Lipinski definition) is 1. The van der Waals surface area contributed by atoms with Gasteiger partial charge in [0.1, 0.15) is 17.0 Å². The van der Waals surface area contributed by atoms with Gasteiger partial charge in [-0.1, -0.05) is 24.3 Å². The number of nitrogens with one attached hydrogen (secondary N) is 1. The lowest BCUT2D eigenvalue weighted by molar-refractivity contribution is 0.656. The number of hydrogen-bond acceptors (Lipinski definition) is 5. The Kier molecular flexibility index (Phi) is 5.49. The van der Waals surface area contributed by atoms with Crippen LogP contribution in [-0.4, -0.2) is 23.1 Å². The minimum absolute atomic E-state index is 0. The van der Waals surface area contributed by atoms with E-state index in [-0.39, 0.29) is 24.8 Å². The van der Waals surface area contributed by atoms with Crippen LogP contribution in [-0.2, 0) is 25.9 Å². The van der Waals surface area contributed by atoms with Crippen molar-refractivity contribution in [3.8, 4) is 0 Å². The van der Waals surface area contributed by atoms with Gasteiger partial charge >= 0.3 is 0 Å². The van der Waals surface area contributed by atoms with Gasteiger partial charge in [0.15, 0.2) is 0 Å². The van der Waals surface area contributed by atoms with E-state index in [1.807, 2.05) is 11.3 Å². The molecular weight excluding hydrogens is 375 g/mol. The molecule has 25 heavy (non-hydrogen) atoms. The molecule has 2 aliphatic rings. The molecule has 0 fully saturated rings. The van der Waals surface area contributed by atoms with Gasteiger partial charge in [-0.25, -0.2) is 9.97 Å². The monoisotopic (exact) mass is 394 g/mol. The molecule has 1 N–H and O–H groups in total. The fourth-order valence-electron chi connectivity index (χ4n) is 3.76. The molecule has 0 spiro atoms. The third-order valence-electron chi connectivity index (χ3n) is 4.92. The Morgan fingerprint density at radius 2 is 1.88 bits per heavy atom. The highest BCUT2D eigenvalue weighted by atomic mass is 35.5. The first-order chi connectivity index (χ1) is 11.4. The minimum Gasteiger partial charge on any atom is -0.351 e. The predicted molar refractivity (Wildman–Crippen MR) is 109 cm³/mol. The van der Waals surface area contributed by atoms with Crippen molar-refractivity contribution in [2.45, 2.75) is 25.9 Å². The fourth-order valence-corrected chi connectivity index (χ4v) is 4.91. The predicted octanol–water partition coefficient (Wildman–Crippen LogP) is 3.74. The lowest BCUT2D eigenvalue weighted by Crippen LogP contribution is -2.31. The van der Waals surface area contributed by atoms with E-state index in [1.165, 1.54) is 27.0 Å². The van der Waals surface area contributed by atoms with E-state index in [0.717, 1.165) is 49.7 Å². The van der Waals surface area contributed by atoms with Gasteiger partial charge < -0.3 is 10.2 Å². The van der Waals surface area contributed by atoms with Crippen LogP contribution in [0.25, 0.3) is 10.2 Å². The number of rotatable bonds is 1. The topological polar surface area (TPSA) is 41.1 Å². The van der Waals surface area contributed by atoms with Crippen LogP contribution in [0, 0.1) is 0 Å². The van der Waals surface area contributed by atoms with Crippen molar-refractivity contribution >= 4 is 52.2 Å². The van der Waals surface area contributed by atoms with Crippen LogP contribution in [0.5, 0.6) is 0 Å². The Labute approximate surface area is 163 Å². The number of anilines is 1. The molecule has 2 aliphatic heterocycles. The number of aromatic nitrogens is 2. The van der Waals surface area contributed by atoms with Gasteiger partial charge in [0.05, 0.1) is 5.39 Å². The summed E-state index contributed by atoms with van der Waals surface area (Å²) in [5.74, 6) is 1.13. The molecule has 0 saturated carbocycles. The number of benzene rings is 1. The summed E-state index contributed by atoms with van der Waals surface area (Å²) >= 11 is 1.82. The first-order valence-electron chi connectivity index (χ1n) is 8.18. The summed E-state index contributed by atoms with van der Waals surface area (Å²) in [5.41, 5.74) is 4.38. The van der Waals surface area contributed by atoms with E-state index < -0.39 is 0 Å². The summed E-state index contributed by atoms with van der Waals surface area (Å²) < 4.78 is 0. The normalized spacial score (nSPS) is 15.8. The Morgan fingerprint density at radius 3 is 2.76 bits per heavy atom. The molecule has 0 bridgehead atoms. The van der Waals surface area contributed by atoms with Crippen molar-refractivity contribution in [2.75, 3.05) is 18.0 Å². The molecule has 0 aliphatic carbocycles. The van der Waals surface area contributed by atoms with Crippen molar-refractivity contribution in [3.05, 3.63) is 52.2 Å². The minimum atomic E-state index is 0. The average Bonchev–Trinajstić information content (AvgIpc) is 3.00. The van der Waals surface area contributed by atoms with Gasteiger partial charge in [-0.2, -0.15) is 0 Å². The van der Waals surface area contributed by atoms with Crippen LogP contribution in [0.15, 0.2) is 30.6 Å². The molecule has 2 aromatic heterocycles. The van der Waals surface area contributed by atoms with Gasteiger partial charge in [0.2, 0.25) is 0 Å². The van der Waals surface area contributed by atoms with Crippen LogP contribution in [0.3, 0.4) is 0 Å². The Balaban J connectivity index is 0.000000911. The third kappa shape index (κ3) is 3.10. The smallest absolute Gasteiger partial charge is 0.141 e. The maximum Gasteiger partial charge on any atom is 0.141 e. The molecule has 0 radical (unpaired) electrons. The van der Waals surface area contributed by atoms with Crippen LogP contribution < -0.4 is 10.2 Å². The van der Waals surface area contributed by atoms with Gasteiger partial charge in [0, 0.05) is 24.5 Å². The molecular formula is C18H20Cl2N4S. The molecule has 3 aromatic rings. The zero-order valence-corrected chi connectivity index (χ0v) is 16.1. The van der Waals surface area contributed by atoms with Crippen LogP contribution in [0.2, 0.25) is 0 Å². The molecule has 4 nitrogen and oxygen atoms in total. The zero-order chi connectivity index (χ0) is 15.2. The summed E-state index contributed by atoms with van der Waals surface area (Å²) in [7, 11) is 0. The molecule has 1 aromatic carbocycles. The lowest BCUT2D eigenvalue weighted by Gasteiger charge is -2.30. The van der Waals surface area contributed by atoms with E-state index in [0.29, 0.717) is 0 Å². The first-order valence-corrected chi connectivity index (χ1v) is 8.99. The van der Waals surface area contributed by atoms with Crippen molar-refractivity contribution in [1.82, 2.24) is 15.3 Å². The third-order valence-corrected chi connectivity index (χ3v) is 6.06. The molecule has 5 rings (SSSR count). The highest BCUT2D eigenvalue weighted by molar-refractivity contribution is 7.19.